The van der Waals surface area contributed by atoms with Gasteiger partial charge in [0.25, 0.3) is 0 Å². The summed E-state index contributed by atoms with van der Waals surface area (Å²) in [6.07, 6.45) is -4.65. The van der Waals surface area contributed by atoms with Crippen LogP contribution in [0.2, 0.25) is 5.02 Å². The van der Waals surface area contributed by atoms with E-state index in [-0.39, 0.29) is 28.8 Å². The fourth-order valence-corrected chi connectivity index (χ4v) is 2.63. The number of ether oxygens (including phenoxy) is 1. The van der Waals surface area contributed by atoms with Crippen molar-refractivity contribution in [1.29, 1.82) is 0 Å². The van der Waals surface area contributed by atoms with E-state index in [0.29, 0.717) is 5.56 Å². The largest absolute Gasteiger partial charge is 0.482 e. The number of hydrogen-bond donors (Lipinski definition) is 2. The van der Waals surface area contributed by atoms with E-state index in [4.69, 9.17) is 16.3 Å². The predicted molar refractivity (Wildman–Crippen MR) is 99.2 cm³/mol. The number of anilines is 1. The standard InChI is InChI=1S/C19H18ClF3N2O3/c1-12(26)24-15(13-5-3-2-4-6-13)10-18(27)25-16-9-14(20)7-8-17(16)28-11-19(21,22)23/h2-9,15H,10-11H2,1H3,(H,24,26)(H,25,27). The molecular formula is C19H18ClF3N2O3. The Morgan fingerprint density at radius 1 is 1.14 bits per heavy atom. The maximum Gasteiger partial charge on any atom is 0.422 e. The van der Waals surface area contributed by atoms with Gasteiger partial charge < -0.3 is 15.4 Å². The Morgan fingerprint density at radius 2 is 1.82 bits per heavy atom. The average molecular weight is 415 g/mol. The fraction of sp³-hybridized carbons (Fsp3) is 0.263. The number of amides is 2. The topological polar surface area (TPSA) is 67.4 Å². The molecule has 9 heteroatoms. The van der Waals surface area contributed by atoms with Crippen LogP contribution in [-0.4, -0.2) is 24.6 Å². The number of carbonyl (C=O) groups is 2. The van der Waals surface area contributed by atoms with Gasteiger partial charge in [-0.1, -0.05) is 41.9 Å². The third-order valence-corrected chi connectivity index (χ3v) is 3.81. The smallest absolute Gasteiger partial charge is 0.422 e. The maximum absolute atomic E-state index is 12.5. The van der Waals surface area contributed by atoms with Crippen molar-refractivity contribution in [3.05, 3.63) is 59.1 Å². The lowest BCUT2D eigenvalue weighted by atomic mass is 10.0. The van der Waals surface area contributed by atoms with Crippen LogP contribution in [0.5, 0.6) is 5.75 Å². The van der Waals surface area contributed by atoms with Crippen molar-refractivity contribution < 1.29 is 27.5 Å². The maximum atomic E-state index is 12.5. The van der Waals surface area contributed by atoms with Crippen molar-refractivity contribution in [2.75, 3.05) is 11.9 Å². The second kappa shape index (κ2) is 9.45. The number of carbonyl (C=O) groups excluding carboxylic acids is 2. The zero-order valence-electron chi connectivity index (χ0n) is 14.8. The summed E-state index contributed by atoms with van der Waals surface area (Å²) in [6.45, 7) is -0.177. The van der Waals surface area contributed by atoms with E-state index in [1.54, 1.807) is 30.3 Å². The number of halogens is 4. The Morgan fingerprint density at radius 3 is 2.43 bits per heavy atom. The molecule has 2 amide bonds. The van der Waals surface area contributed by atoms with E-state index in [1.807, 2.05) is 0 Å². The summed E-state index contributed by atoms with van der Waals surface area (Å²) in [5.41, 5.74) is 0.726. The highest BCUT2D eigenvalue weighted by molar-refractivity contribution is 6.31. The van der Waals surface area contributed by atoms with Crippen molar-refractivity contribution >= 4 is 29.1 Å². The van der Waals surface area contributed by atoms with Gasteiger partial charge in [0.15, 0.2) is 6.61 Å². The van der Waals surface area contributed by atoms with Crippen LogP contribution in [0.3, 0.4) is 0 Å². The second-order valence-corrected chi connectivity index (χ2v) is 6.40. The summed E-state index contributed by atoms with van der Waals surface area (Å²) in [6, 6.07) is 12.1. The van der Waals surface area contributed by atoms with E-state index in [1.165, 1.54) is 25.1 Å². The van der Waals surface area contributed by atoms with Gasteiger partial charge in [-0.05, 0) is 23.8 Å². The van der Waals surface area contributed by atoms with Crippen molar-refractivity contribution in [2.24, 2.45) is 0 Å². The Balaban J connectivity index is 2.14. The van der Waals surface area contributed by atoms with Crippen LogP contribution in [0.25, 0.3) is 0 Å². The van der Waals surface area contributed by atoms with Crippen molar-refractivity contribution in [3.63, 3.8) is 0 Å². The minimum absolute atomic E-state index is 0.0105. The molecule has 0 fully saturated rings. The zero-order valence-corrected chi connectivity index (χ0v) is 15.6. The van der Waals surface area contributed by atoms with E-state index >= 15 is 0 Å². The molecule has 0 radical (unpaired) electrons. The van der Waals surface area contributed by atoms with Crippen LogP contribution in [-0.2, 0) is 9.59 Å². The van der Waals surface area contributed by atoms with Gasteiger partial charge in [-0.15, -0.1) is 0 Å². The Bertz CT molecular complexity index is 829. The summed E-state index contributed by atoms with van der Waals surface area (Å²) in [4.78, 5) is 23.9. The van der Waals surface area contributed by atoms with Crippen molar-refractivity contribution in [2.45, 2.75) is 25.6 Å². The molecule has 0 saturated heterocycles. The fourth-order valence-electron chi connectivity index (χ4n) is 2.45. The molecule has 0 heterocycles. The van der Waals surface area contributed by atoms with Gasteiger partial charge in [0.1, 0.15) is 5.75 Å². The van der Waals surface area contributed by atoms with Gasteiger partial charge in [0, 0.05) is 11.9 Å². The first-order valence-corrected chi connectivity index (χ1v) is 8.63. The first-order valence-electron chi connectivity index (χ1n) is 8.25. The molecule has 1 unspecified atom stereocenters. The number of alkyl halides is 3. The summed E-state index contributed by atoms with van der Waals surface area (Å²) in [5, 5.41) is 5.39. The third kappa shape index (κ3) is 7.11. The van der Waals surface area contributed by atoms with Crippen LogP contribution < -0.4 is 15.4 Å². The van der Waals surface area contributed by atoms with Gasteiger partial charge in [-0.2, -0.15) is 13.2 Å². The van der Waals surface area contributed by atoms with E-state index in [0.717, 1.165) is 0 Å². The summed E-state index contributed by atoms with van der Waals surface area (Å²) in [5.74, 6) is -1.01. The van der Waals surface area contributed by atoms with Gasteiger partial charge in [-0.3, -0.25) is 9.59 Å². The Hall–Kier alpha value is -2.74. The first-order chi connectivity index (χ1) is 13.1. The molecule has 2 N–H and O–H groups in total. The monoisotopic (exact) mass is 414 g/mol. The molecule has 150 valence electrons. The first kappa shape index (κ1) is 21.6. The van der Waals surface area contributed by atoms with Gasteiger partial charge in [0.05, 0.1) is 18.2 Å². The summed E-state index contributed by atoms with van der Waals surface area (Å²) < 4.78 is 42.0. The number of rotatable bonds is 7. The third-order valence-electron chi connectivity index (χ3n) is 3.58. The molecule has 5 nitrogen and oxygen atoms in total. The molecule has 0 aliphatic heterocycles. The van der Waals surface area contributed by atoms with Gasteiger partial charge in [0.2, 0.25) is 11.8 Å². The van der Waals surface area contributed by atoms with Crippen LogP contribution in [0.4, 0.5) is 18.9 Å². The quantitative estimate of drug-likeness (QED) is 0.701. The van der Waals surface area contributed by atoms with Crippen LogP contribution in [0.1, 0.15) is 24.9 Å². The molecule has 28 heavy (non-hydrogen) atoms. The molecule has 0 aliphatic carbocycles. The highest BCUT2D eigenvalue weighted by atomic mass is 35.5. The van der Waals surface area contributed by atoms with E-state index < -0.39 is 24.7 Å². The van der Waals surface area contributed by atoms with Gasteiger partial charge >= 0.3 is 6.18 Å². The number of hydrogen-bond acceptors (Lipinski definition) is 3. The minimum atomic E-state index is -4.52. The number of nitrogens with one attached hydrogen (secondary N) is 2. The average Bonchev–Trinajstić information content (AvgIpc) is 2.60. The molecule has 2 aromatic carbocycles. The predicted octanol–water partition coefficient (Wildman–Crippen LogP) is 4.49. The molecule has 0 spiro atoms. The van der Waals surface area contributed by atoms with E-state index in [9.17, 15) is 22.8 Å². The molecular weight excluding hydrogens is 397 g/mol. The lowest BCUT2D eigenvalue weighted by Gasteiger charge is -2.19. The van der Waals surface area contributed by atoms with Crippen LogP contribution >= 0.6 is 11.6 Å². The lowest BCUT2D eigenvalue weighted by molar-refractivity contribution is -0.153. The van der Waals surface area contributed by atoms with Crippen molar-refractivity contribution in [1.82, 2.24) is 5.32 Å². The normalized spacial score (nSPS) is 12.2. The Labute approximate surface area is 164 Å². The van der Waals surface area contributed by atoms with E-state index in [2.05, 4.69) is 10.6 Å². The van der Waals surface area contributed by atoms with Crippen LogP contribution in [0.15, 0.2) is 48.5 Å². The van der Waals surface area contributed by atoms with Gasteiger partial charge in [-0.25, -0.2) is 0 Å². The highest BCUT2D eigenvalue weighted by Crippen LogP contribution is 2.30. The van der Waals surface area contributed by atoms with Crippen LogP contribution in [0, 0.1) is 0 Å². The molecule has 0 bridgehead atoms. The second-order valence-electron chi connectivity index (χ2n) is 5.96. The SMILES string of the molecule is CC(=O)NC(CC(=O)Nc1cc(Cl)ccc1OCC(F)(F)F)c1ccccc1. The van der Waals surface area contributed by atoms with Crippen molar-refractivity contribution in [3.8, 4) is 5.75 Å². The summed E-state index contributed by atoms with van der Waals surface area (Å²) in [7, 11) is 0. The lowest BCUT2D eigenvalue weighted by Crippen LogP contribution is -2.29. The number of benzene rings is 2. The molecule has 0 aromatic heterocycles. The highest BCUT2D eigenvalue weighted by Gasteiger charge is 2.29. The molecule has 1 atom stereocenters. The molecule has 2 aromatic rings. The summed E-state index contributed by atoms with van der Waals surface area (Å²) >= 11 is 5.87. The molecule has 0 aliphatic rings. The Kier molecular flexibility index (Phi) is 7.28. The zero-order chi connectivity index (χ0) is 20.7. The minimum Gasteiger partial charge on any atom is -0.482 e. The molecule has 2 rings (SSSR count). The molecule has 0 saturated carbocycles.